The summed E-state index contributed by atoms with van der Waals surface area (Å²) in [6, 6.07) is 4.82. The molecule has 2 atom stereocenters. The molecule has 0 amide bonds. The van der Waals surface area contributed by atoms with Crippen molar-refractivity contribution in [1.82, 2.24) is 0 Å². The quantitative estimate of drug-likeness (QED) is 0.561. The van der Waals surface area contributed by atoms with E-state index in [0.29, 0.717) is 11.8 Å². The number of hydrogen-bond donors (Lipinski definition) is 0. The number of rotatable bonds is 2. The lowest BCUT2D eigenvalue weighted by Gasteiger charge is -2.07. The Bertz CT molecular complexity index is 386. The fourth-order valence-corrected chi connectivity index (χ4v) is 1.39. The van der Waals surface area contributed by atoms with Crippen molar-refractivity contribution in [2.45, 2.75) is 18.4 Å². The Labute approximate surface area is 83.7 Å². The van der Waals surface area contributed by atoms with Gasteiger partial charge in [0, 0.05) is 0 Å². The number of ether oxygens (including phenoxy) is 1. The highest BCUT2D eigenvalue weighted by atomic mass is 19.4. The Kier molecular flexibility index (Phi) is 2.26. The van der Waals surface area contributed by atoms with Gasteiger partial charge in [-0.1, -0.05) is 12.1 Å². The van der Waals surface area contributed by atoms with E-state index in [2.05, 4.69) is 0 Å². The molecule has 0 N–H and O–H groups in total. The van der Waals surface area contributed by atoms with Crippen LogP contribution < -0.4 is 0 Å². The molecule has 1 saturated heterocycles. The molecular weight excluding hydrogens is 209 g/mol. The molecule has 1 fully saturated rings. The monoisotopic (exact) mass is 216 g/mol. The first-order valence-electron chi connectivity index (χ1n) is 4.30. The van der Waals surface area contributed by atoms with Gasteiger partial charge in [0.05, 0.1) is 5.56 Å². The predicted octanol–water partition coefficient (Wildman–Crippen LogP) is 2.34. The highest BCUT2D eigenvalue weighted by molar-refractivity contribution is 5.61. The minimum Gasteiger partial charge on any atom is -0.357 e. The molecule has 0 aromatic heterocycles. The largest absolute Gasteiger partial charge is 0.416 e. The van der Waals surface area contributed by atoms with Crippen LogP contribution in [-0.2, 0) is 15.7 Å². The zero-order valence-corrected chi connectivity index (χ0v) is 7.49. The summed E-state index contributed by atoms with van der Waals surface area (Å²) in [7, 11) is 0. The second-order valence-electron chi connectivity index (χ2n) is 3.28. The van der Waals surface area contributed by atoms with Crippen LogP contribution in [0.4, 0.5) is 13.2 Å². The van der Waals surface area contributed by atoms with Crippen LogP contribution in [0.3, 0.4) is 0 Å². The van der Waals surface area contributed by atoms with E-state index in [-0.39, 0.29) is 0 Å². The molecule has 0 saturated carbocycles. The van der Waals surface area contributed by atoms with Gasteiger partial charge < -0.3 is 9.53 Å². The van der Waals surface area contributed by atoms with Crippen LogP contribution in [0.2, 0.25) is 0 Å². The minimum atomic E-state index is -4.36. The Balaban J connectivity index is 2.24. The number of aldehydes is 1. The molecule has 1 aliphatic heterocycles. The molecule has 0 aliphatic carbocycles. The third-order valence-corrected chi connectivity index (χ3v) is 2.20. The summed E-state index contributed by atoms with van der Waals surface area (Å²) in [6.07, 6.45) is -4.87. The Morgan fingerprint density at radius 1 is 1.33 bits per heavy atom. The number of carbonyl (C=O) groups excluding carboxylic acids is 1. The Morgan fingerprint density at radius 3 is 2.60 bits per heavy atom. The third kappa shape index (κ3) is 2.02. The van der Waals surface area contributed by atoms with E-state index in [9.17, 15) is 18.0 Å². The first kappa shape index (κ1) is 10.2. The van der Waals surface area contributed by atoms with E-state index in [1.54, 1.807) is 0 Å². The van der Waals surface area contributed by atoms with E-state index in [1.807, 2.05) is 0 Å². The lowest BCUT2D eigenvalue weighted by molar-refractivity contribution is -0.137. The van der Waals surface area contributed by atoms with E-state index in [0.717, 1.165) is 12.1 Å². The fourth-order valence-electron chi connectivity index (χ4n) is 1.39. The number of halogens is 3. The van der Waals surface area contributed by atoms with Crippen molar-refractivity contribution in [1.29, 1.82) is 0 Å². The van der Waals surface area contributed by atoms with Gasteiger partial charge in [-0.15, -0.1) is 0 Å². The highest BCUT2D eigenvalue weighted by Gasteiger charge is 2.41. The SMILES string of the molecule is O=C[C@H]1O[C@@H]1c1cccc(C(F)(F)F)c1. The minimum absolute atomic E-state index is 0.391. The van der Waals surface area contributed by atoms with Crippen molar-refractivity contribution in [3.63, 3.8) is 0 Å². The first-order chi connectivity index (χ1) is 7.02. The summed E-state index contributed by atoms with van der Waals surface area (Å²) in [5.41, 5.74) is -0.331. The molecule has 5 heteroatoms. The number of epoxide rings is 1. The van der Waals surface area contributed by atoms with Crippen molar-refractivity contribution in [3.8, 4) is 0 Å². The summed E-state index contributed by atoms with van der Waals surface area (Å²) in [5.74, 6) is 0. The number of carbonyl (C=O) groups is 1. The number of alkyl halides is 3. The molecule has 80 valence electrons. The van der Waals surface area contributed by atoms with Gasteiger partial charge in [0.2, 0.25) is 0 Å². The maximum absolute atomic E-state index is 12.3. The first-order valence-corrected chi connectivity index (χ1v) is 4.30. The van der Waals surface area contributed by atoms with Gasteiger partial charge in [0.1, 0.15) is 12.2 Å². The molecule has 1 aromatic rings. The van der Waals surface area contributed by atoms with Gasteiger partial charge in [-0.25, -0.2) is 0 Å². The lowest BCUT2D eigenvalue weighted by Crippen LogP contribution is -2.05. The second-order valence-corrected chi connectivity index (χ2v) is 3.28. The maximum atomic E-state index is 12.3. The molecule has 1 aromatic carbocycles. The molecule has 2 nitrogen and oxygen atoms in total. The van der Waals surface area contributed by atoms with Crippen molar-refractivity contribution in [3.05, 3.63) is 35.4 Å². The zero-order valence-electron chi connectivity index (χ0n) is 7.49. The highest BCUT2D eigenvalue weighted by Crippen LogP contribution is 2.39. The van der Waals surface area contributed by atoms with Crippen molar-refractivity contribution < 1.29 is 22.7 Å². The summed E-state index contributed by atoms with van der Waals surface area (Å²) in [6.45, 7) is 0. The average Bonchev–Trinajstić information content (AvgIpc) is 2.95. The molecule has 2 rings (SSSR count). The molecule has 15 heavy (non-hydrogen) atoms. The molecule has 0 bridgehead atoms. The van der Waals surface area contributed by atoms with Crippen LogP contribution in [0.25, 0.3) is 0 Å². The van der Waals surface area contributed by atoms with Gasteiger partial charge in [-0.05, 0) is 17.7 Å². The molecule has 1 heterocycles. The normalized spacial score (nSPS) is 25.0. The van der Waals surface area contributed by atoms with Gasteiger partial charge in [0.15, 0.2) is 6.29 Å². The summed E-state index contributed by atoms with van der Waals surface area (Å²) in [5, 5.41) is 0. The molecule has 1 aliphatic rings. The van der Waals surface area contributed by atoms with Crippen LogP contribution in [-0.4, -0.2) is 12.4 Å². The summed E-state index contributed by atoms with van der Waals surface area (Å²) >= 11 is 0. The van der Waals surface area contributed by atoms with Gasteiger partial charge in [0.25, 0.3) is 0 Å². The van der Waals surface area contributed by atoms with Crippen molar-refractivity contribution >= 4 is 6.29 Å². The topological polar surface area (TPSA) is 29.6 Å². The van der Waals surface area contributed by atoms with Crippen LogP contribution >= 0.6 is 0 Å². The maximum Gasteiger partial charge on any atom is 0.416 e. The van der Waals surface area contributed by atoms with Crippen LogP contribution in [0.15, 0.2) is 24.3 Å². The summed E-state index contributed by atoms with van der Waals surface area (Å²) in [4.78, 5) is 10.3. The van der Waals surface area contributed by atoms with Crippen LogP contribution in [0.5, 0.6) is 0 Å². The van der Waals surface area contributed by atoms with Gasteiger partial charge >= 0.3 is 6.18 Å². The Morgan fingerprint density at radius 2 is 2.07 bits per heavy atom. The van der Waals surface area contributed by atoms with Crippen LogP contribution in [0, 0.1) is 0 Å². The number of benzene rings is 1. The molecule has 0 unspecified atom stereocenters. The second kappa shape index (κ2) is 3.34. The van der Waals surface area contributed by atoms with Crippen molar-refractivity contribution in [2.75, 3.05) is 0 Å². The van der Waals surface area contributed by atoms with Crippen molar-refractivity contribution in [2.24, 2.45) is 0 Å². The van der Waals surface area contributed by atoms with Crippen LogP contribution in [0.1, 0.15) is 17.2 Å². The standard InChI is InChI=1S/C10H7F3O2/c11-10(12,13)7-3-1-2-6(4-7)9-8(5-14)15-9/h1-5,8-9H/t8-,9-/m1/s1. The average molecular weight is 216 g/mol. The van der Waals surface area contributed by atoms with Gasteiger partial charge in [-0.2, -0.15) is 13.2 Å². The zero-order chi connectivity index (χ0) is 11.1. The fraction of sp³-hybridized carbons (Fsp3) is 0.300. The molecule has 0 spiro atoms. The van der Waals surface area contributed by atoms with E-state index in [1.165, 1.54) is 12.1 Å². The molecular formula is C10H7F3O2. The lowest BCUT2D eigenvalue weighted by atomic mass is 10.1. The Hall–Kier alpha value is -1.36. The summed E-state index contributed by atoms with van der Waals surface area (Å²) < 4.78 is 41.8. The molecule has 0 radical (unpaired) electrons. The predicted molar refractivity (Wildman–Crippen MR) is 45.1 cm³/mol. The van der Waals surface area contributed by atoms with E-state index in [4.69, 9.17) is 4.74 Å². The van der Waals surface area contributed by atoms with E-state index < -0.39 is 23.9 Å². The van der Waals surface area contributed by atoms with Gasteiger partial charge in [-0.3, -0.25) is 0 Å². The smallest absolute Gasteiger partial charge is 0.357 e. The van der Waals surface area contributed by atoms with E-state index >= 15 is 0 Å². The number of hydrogen-bond acceptors (Lipinski definition) is 2. The third-order valence-electron chi connectivity index (χ3n) is 2.20.